The van der Waals surface area contributed by atoms with Crippen molar-refractivity contribution in [3.63, 3.8) is 0 Å². The summed E-state index contributed by atoms with van der Waals surface area (Å²) in [4.78, 5) is 0. The number of ether oxygens (including phenoxy) is 1. The molecule has 0 unspecified atom stereocenters. The lowest BCUT2D eigenvalue weighted by Crippen LogP contribution is -2.36. The van der Waals surface area contributed by atoms with Gasteiger partial charge in [0.2, 0.25) is 5.84 Å². The van der Waals surface area contributed by atoms with Gasteiger partial charge in [0.15, 0.2) is 0 Å². The molecule has 1 aliphatic rings. The van der Waals surface area contributed by atoms with E-state index in [1.165, 1.54) is 7.11 Å². The van der Waals surface area contributed by atoms with Gasteiger partial charge in [-0.3, -0.25) is 0 Å². The van der Waals surface area contributed by atoms with Crippen LogP contribution in [0.4, 0.5) is 0 Å². The second-order valence-electron chi connectivity index (χ2n) is 6.84. The van der Waals surface area contributed by atoms with Gasteiger partial charge in [-0.2, -0.15) is 8.42 Å². The van der Waals surface area contributed by atoms with E-state index in [2.05, 4.69) is 34.9 Å². The monoisotopic (exact) mass is 341 g/mol. The number of nitrogens with one attached hydrogen (secondary N) is 1. The SMILES string of the molecule is COC1=NS(=O)(=O)N=C1N[C@@H](c1cc(C(C)(C)C)co1)C(C)C. The van der Waals surface area contributed by atoms with Crippen LogP contribution < -0.4 is 5.32 Å². The van der Waals surface area contributed by atoms with Crippen LogP contribution in [-0.4, -0.2) is 27.3 Å². The van der Waals surface area contributed by atoms with Crippen LogP contribution in [0.2, 0.25) is 0 Å². The smallest absolute Gasteiger partial charge is 0.368 e. The molecule has 2 heterocycles. The van der Waals surface area contributed by atoms with Crippen LogP contribution in [0.15, 0.2) is 25.5 Å². The third-order valence-corrected chi connectivity index (χ3v) is 4.36. The first-order valence-electron chi connectivity index (χ1n) is 7.38. The van der Waals surface area contributed by atoms with Gasteiger partial charge < -0.3 is 14.5 Å². The van der Waals surface area contributed by atoms with E-state index < -0.39 is 10.2 Å². The summed E-state index contributed by atoms with van der Waals surface area (Å²) in [6.07, 6.45) is 1.73. The largest absolute Gasteiger partial charge is 0.478 e. The topological polar surface area (TPSA) is 93.3 Å². The highest BCUT2D eigenvalue weighted by molar-refractivity contribution is 7.89. The van der Waals surface area contributed by atoms with Crippen molar-refractivity contribution in [3.05, 3.63) is 23.7 Å². The normalized spacial score (nSPS) is 18.6. The van der Waals surface area contributed by atoms with Gasteiger partial charge in [-0.05, 0) is 23.0 Å². The first kappa shape index (κ1) is 17.5. The maximum atomic E-state index is 11.5. The molecule has 23 heavy (non-hydrogen) atoms. The minimum absolute atomic E-state index is 0.0311. The summed E-state index contributed by atoms with van der Waals surface area (Å²) < 4.78 is 40.7. The molecule has 1 atom stereocenters. The Morgan fingerprint density at radius 3 is 2.39 bits per heavy atom. The van der Waals surface area contributed by atoms with Gasteiger partial charge in [-0.25, -0.2) is 0 Å². The van der Waals surface area contributed by atoms with Crippen LogP contribution in [0.5, 0.6) is 0 Å². The number of nitrogens with zero attached hydrogens (tertiary/aromatic N) is 2. The Morgan fingerprint density at radius 2 is 1.91 bits per heavy atom. The van der Waals surface area contributed by atoms with Gasteiger partial charge in [0.05, 0.1) is 19.4 Å². The van der Waals surface area contributed by atoms with Crippen molar-refractivity contribution < 1.29 is 17.6 Å². The molecule has 0 fully saturated rings. The van der Waals surface area contributed by atoms with Gasteiger partial charge in [0.25, 0.3) is 5.90 Å². The molecule has 0 bridgehead atoms. The molecule has 0 aromatic carbocycles. The Kier molecular flexibility index (Phi) is 4.57. The quantitative estimate of drug-likeness (QED) is 0.912. The molecule has 8 heteroatoms. The fourth-order valence-electron chi connectivity index (χ4n) is 2.17. The van der Waals surface area contributed by atoms with Crippen molar-refractivity contribution in [2.24, 2.45) is 14.7 Å². The lowest BCUT2D eigenvalue weighted by Gasteiger charge is -2.21. The molecule has 0 spiro atoms. The van der Waals surface area contributed by atoms with Crippen molar-refractivity contribution in [1.82, 2.24) is 5.32 Å². The molecule has 2 rings (SSSR count). The third kappa shape index (κ3) is 3.93. The van der Waals surface area contributed by atoms with Crippen molar-refractivity contribution in [1.29, 1.82) is 0 Å². The number of rotatable bonds is 3. The highest BCUT2D eigenvalue weighted by Gasteiger charge is 2.30. The molecule has 0 saturated heterocycles. The first-order valence-corrected chi connectivity index (χ1v) is 8.78. The highest BCUT2D eigenvalue weighted by atomic mass is 32.2. The molecule has 0 saturated carbocycles. The average molecular weight is 341 g/mol. The second kappa shape index (κ2) is 5.99. The molecular formula is C15H23N3O4S. The van der Waals surface area contributed by atoms with Gasteiger partial charge in [-0.1, -0.05) is 34.6 Å². The summed E-state index contributed by atoms with van der Waals surface area (Å²) in [5.74, 6) is 0.906. The number of amidine groups is 1. The minimum Gasteiger partial charge on any atom is -0.478 e. The first-order chi connectivity index (χ1) is 10.5. The van der Waals surface area contributed by atoms with Crippen LogP contribution >= 0.6 is 0 Å². The molecule has 0 radical (unpaired) electrons. The van der Waals surface area contributed by atoms with E-state index in [4.69, 9.17) is 9.15 Å². The van der Waals surface area contributed by atoms with Crippen LogP contribution in [0.25, 0.3) is 0 Å². The minimum atomic E-state index is -3.87. The molecule has 128 valence electrons. The van der Waals surface area contributed by atoms with E-state index in [-0.39, 0.29) is 29.1 Å². The van der Waals surface area contributed by atoms with Crippen molar-refractivity contribution in [2.45, 2.75) is 46.1 Å². The summed E-state index contributed by atoms with van der Waals surface area (Å²) in [5.41, 5.74) is 1.04. The number of furan rings is 1. The number of hydrogen-bond donors (Lipinski definition) is 1. The molecule has 1 aliphatic heterocycles. The Labute approximate surface area is 137 Å². The second-order valence-corrected chi connectivity index (χ2v) is 8.10. The van der Waals surface area contributed by atoms with Crippen molar-refractivity contribution in [3.8, 4) is 0 Å². The summed E-state index contributed by atoms with van der Waals surface area (Å²) >= 11 is 0. The molecule has 1 N–H and O–H groups in total. The van der Waals surface area contributed by atoms with E-state index in [9.17, 15) is 8.42 Å². The van der Waals surface area contributed by atoms with Gasteiger partial charge in [-0.15, -0.1) is 8.80 Å². The predicted octanol–water partition coefficient (Wildman–Crippen LogP) is 2.57. The standard InChI is InChI=1S/C15H23N3O4S/c1-9(2)12(11-7-10(8-22-11)15(3,4)5)16-13-14(21-6)18-23(19,20)17-13/h7-9,12H,1-6H3,(H,16,17)/t12-/m1/s1. The lowest BCUT2D eigenvalue weighted by atomic mass is 9.88. The van der Waals surface area contributed by atoms with E-state index in [1.807, 2.05) is 19.9 Å². The zero-order valence-corrected chi connectivity index (χ0v) is 15.1. The maximum Gasteiger partial charge on any atom is 0.368 e. The Hall–Kier alpha value is -1.83. The van der Waals surface area contributed by atoms with Crippen molar-refractivity contribution >= 4 is 21.9 Å². The zero-order valence-electron chi connectivity index (χ0n) is 14.2. The summed E-state index contributed by atoms with van der Waals surface area (Å²) in [5, 5.41) is 3.07. The molecule has 7 nitrogen and oxygen atoms in total. The van der Waals surface area contributed by atoms with E-state index in [0.717, 1.165) is 5.56 Å². The number of methoxy groups -OCH3 is 1. The van der Waals surface area contributed by atoms with Crippen LogP contribution in [-0.2, 0) is 20.4 Å². The van der Waals surface area contributed by atoms with E-state index >= 15 is 0 Å². The summed E-state index contributed by atoms with van der Waals surface area (Å²) in [7, 11) is -2.52. The Bertz CT molecular complexity index is 739. The molecule has 0 aliphatic carbocycles. The van der Waals surface area contributed by atoms with Crippen LogP contribution in [0.3, 0.4) is 0 Å². The predicted molar refractivity (Wildman–Crippen MR) is 88.9 cm³/mol. The summed E-state index contributed by atoms with van der Waals surface area (Å²) in [6.45, 7) is 10.3. The van der Waals surface area contributed by atoms with E-state index in [0.29, 0.717) is 5.76 Å². The molecule has 0 amide bonds. The van der Waals surface area contributed by atoms with Crippen LogP contribution in [0, 0.1) is 5.92 Å². The summed E-state index contributed by atoms with van der Waals surface area (Å²) in [6, 6.07) is 1.73. The van der Waals surface area contributed by atoms with Crippen molar-refractivity contribution in [2.75, 3.05) is 7.11 Å². The van der Waals surface area contributed by atoms with E-state index in [1.54, 1.807) is 6.26 Å². The van der Waals surface area contributed by atoms with Crippen LogP contribution in [0.1, 0.15) is 52.0 Å². The molecular weight excluding hydrogens is 318 g/mol. The fourth-order valence-corrected chi connectivity index (χ4v) is 2.94. The highest BCUT2D eigenvalue weighted by Crippen LogP contribution is 2.30. The maximum absolute atomic E-state index is 11.5. The van der Waals surface area contributed by atoms with Gasteiger partial charge in [0, 0.05) is 0 Å². The molecule has 1 aromatic rings. The Morgan fingerprint density at radius 1 is 1.26 bits per heavy atom. The van der Waals surface area contributed by atoms with Gasteiger partial charge in [0.1, 0.15) is 5.76 Å². The number of hydrogen-bond acceptors (Lipinski definition) is 5. The lowest BCUT2D eigenvalue weighted by molar-refractivity contribution is 0.372. The Balaban J connectivity index is 2.31. The molecule has 1 aromatic heterocycles. The van der Waals surface area contributed by atoms with Gasteiger partial charge >= 0.3 is 10.2 Å². The average Bonchev–Trinajstić information content (AvgIpc) is 2.99. The zero-order chi connectivity index (χ0) is 17.4. The third-order valence-electron chi connectivity index (χ3n) is 3.55. The fraction of sp³-hybridized carbons (Fsp3) is 0.600.